The monoisotopic (exact) mass is 460 g/mol. The molecule has 2 saturated heterocycles. The predicted octanol–water partition coefficient (Wildman–Crippen LogP) is 2.96. The zero-order valence-electron chi connectivity index (χ0n) is 19.6. The number of thiophene rings is 1. The molecule has 4 rings (SSSR count). The van der Waals surface area contributed by atoms with Crippen LogP contribution in [0.3, 0.4) is 0 Å². The number of nitrogens with one attached hydrogen (secondary N) is 1. The zero-order valence-corrected chi connectivity index (χ0v) is 20.4. The molecule has 3 aliphatic rings. The summed E-state index contributed by atoms with van der Waals surface area (Å²) < 4.78 is 0. The highest BCUT2D eigenvalue weighted by atomic mass is 32.1. The molecule has 3 heterocycles. The van der Waals surface area contributed by atoms with Crippen molar-refractivity contribution in [3.63, 3.8) is 0 Å². The summed E-state index contributed by atoms with van der Waals surface area (Å²) in [6, 6.07) is 3.82. The number of carbonyl (C=O) groups is 3. The zero-order chi connectivity index (χ0) is 22.9. The van der Waals surface area contributed by atoms with Crippen LogP contribution in [-0.2, 0) is 16.0 Å². The first-order valence-electron chi connectivity index (χ1n) is 11.8. The number of amides is 4. The molecule has 4 amide bonds. The quantitative estimate of drug-likeness (QED) is 0.686. The molecule has 176 valence electrons. The number of piperazine rings is 1. The van der Waals surface area contributed by atoms with Crippen LogP contribution >= 0.6 is 11.3 Å². The molecule has 1 aliphatic carbocycles. The number of imide groups is 1. The maximum absolute atomic E-state index is 13.2. The summed E-state index contributed by atoms with van der Waals surface area (Å²) in [5.74, 6) is 0.203. The molecule has 8 heteroatoms. The molecular formula is C24H36N4O3S. The lowest BCUT2D eigenvalue weighted by atomic mass is 9.67. The van der Waals surface area contributed by atoms with Crippen molar-refractivity contribution in [2.75, 3.05) is 39.3 Å². The lowest BCUT2D eigenvalue weighted by Crippen LogP contribution is -2.53. The van der Waals surface area contributed by atoms with E-state index in [0.717, 1.165) is 43.8 Å². The van der Waals surface area contributed by atoms with Gasteiger partial charge in [-0.05, 0) is 54.9 Å². The summed E-state index contributed by atoms with van der Waals surface area (Å²) in [6.07, 6.45) is 4.20. The van der Waals surface area contributed by atoms with Crippen LogP contribution in [-0.4, -0.2) is 77.4 Å². The van der Waals surface area contributed by atoms with Crippen molar-refractivity contribution < 1.29 is 14.4 Å². The van der Waals surface area contributed by atoms with Crippen molar-refractivity contribution in [1.82, 2.24) is 20.0 Å². The van der Waals surface area contributed by atoms with Crippen LogP contribution in [0.2, 0.25) is 0 Å². The Morgan fingerprint density at radius 1 is 1.16 bits per heavy atom. The van der Waals surface area contributed by atoms with E-state index >= 15 is 0 Å². The molecular weight excluding hydrogens is 424 g/mol. The van der Waals surface area contributed by atoms with Crippen molar-refractivity contribution in [2.45, 2.75) is 58.4 Å². The van der Waals surface area contributed by atoms with Gasteiger partial charge in [0.15, 0.2) is 0 Å². The van der Waals surface area contributed by atoms with Crippen LogP contribution in [0.1, 0.15) is 51.3 Å². The summed E-state index contributed by atoms with van der Waals surface area (Å²) in [7, 11) is 0. The lowest BCUT2D eigenvalue weighted by molar-refractivity contribution is -0.140. The van der Waals surface area contributed by atoms with Gasteiger partial charge in [-0.2, -0.15) is 0 Å². The van der Waals surface area contributed by atoms with Gasteiger partial charge in [0, 0.05) is 37.6 Å². The number of urea groups is 1. The summed E-state index contributed by atoms with van der Waals surface area (Å²) in [5, 5.41) is 5.05. The van der Waals surface area contributed by atoms with Crippen LogP contribution in [0.15, 0.2) is 17.5 Å². The molecule has 0 atom stereocenters. The second-order valence-corrected chi connectivity index (χ2v) is 11.6. The highest BCUT2D eigenvalue weighted by Crippen LogP contribution is 2.43. The average Bonchev–Trinajstić information content (AvgIpc) is 3.35. The summed E-state index contributed by atoms with van der Waals surface area (Å²) in [6.45, 7) is 10.5. The number of carbonyl (C=O) groups excluding carboxylic acids is 3. The Bertz CT molecular complexity index is 832. The molecule has 0 aromatic carbocycles. The van der Waals surface area contributed by atoms with Gasteiger partial charge < -0.3 is 10.2 Å². The summed E-state index contributed by atoms with van der Waals surface area (Å²) in [4.78, 5) is 45.4. The molecule has 0 bridgehead atoms. The number of hydrogen-bond acceptors (Lipinski definition) is 5. The molecule has 1 aromatic heterocycles. The minimum Gasteiger partial charge on any atom is -0.339 e. The lowest BCUT2D eigenvalue weighted by Gasteiger charge is -2.40. The molecule has 1 N–H and O–H groups in total. The first kappa shape index (κ1) is 23.2. The first-order chi connectivity index (χ1) is 15.2. The second kappa shape index (κ2) is 9.14. The highest BCUT2D eigenvalue weighted by Gasteiger charge is 2.53. The van der Waals surface area contributed by atoms with Crippen molar-refractivity contribution in [2.24, 2.45) is 11.3 Å². The van der Waals surface area contributed by atoms with Gasteiger partial charge in [-0.3, -0.25) is 19.4 Å². The average molecular weight is 461 g/mol. The standard InChI is InChI=1S/C24H36N4O3S/c1-23(2,3)18-6-9-24(10-7-18)21(30)28(22(31)25-24)17-20(29)27-14-12-26(13-15-27)11-8-19-5-4-16-32-19/h4-5,16,18H,6-15,17H2,1-3H3,(H,25,31). The Balaban J connectivity index is 1.26. The molecule has 0 radical (unpaired) electrons. The molecule has 0 unspecified atom stereocenters. The van der Waals surface area contributed by atoms with E-state index < -0.39 is 11.6 Å². The van der Waals surface area contributed by atoms with Gasteiger partial charge in [-0.25, -0.2) is 4.79 Å². The van der Waals surface area contributed by atoms with Gasteiger partial charge in [0.2, 0.25) is 5.91 Å². The third-order valence-corrected chi connectivity index (χ3v) is 8.52. The SMILES string of the molecule is CC(C)(C)C1CCC2(CC1)NC(=O)N(CC(=O)N1CCN(CCc3cccs3)CC1)C2=O. The van der Waals surface area contributed by atoms with Gasteiger partial charge in [-0.15, -0.1) is 11.3 Å². The van der Waals surface area contributed by atoms with E-state index in [1.54, 1.807) is 16.2 Å². The molecule has 2 aliphatic heterocycles. The molecule has 32 heavy (non-hydrogen) atoms. The fourth-order valence-electron chi connectivity index (χ4n) is 5.31. The van der Waals surface area contributed by atoms with Gasteiger partial charge in [0.25, 0.3) is 5.91 Å². The van der Waals surface area contributed by atoms with Gasteiger partial charge in [0.1, 0.15) is 12.1 Å². The van der Waals surface area contributed by atoms with Crippen molar-refractivity contribution in [3.8, 4) is 0 Å². The van der Waals surface area contributed by atoms with E-state index in [9.17, 15) is 14.4 Å². The smallest absolute Gasteiger partial charge is 0.325 e. The van der Waals surface area contributed by atoms with Crippen LogP contribution in [0.4, 0.5) is 4.79 Å². The fourth-order valence-corrected chi connectivity index (χ4v) is 6.01. The Morgan fingerprint density at radius 3 is 2.44 bits per heavy atom. The van der Waals surface area contributed by atoms with Crippen molar-refractivity contribution in [3.05, 3.63) is 22.4 Å². The Morgan fingerprint density at radius 2 is 1.84 bits per heavy atom. The van der Waals surface area contributed by atoms with E-state index in [1.807, 2.05) is 0 Å². The third-order valence-electron chi connectivity index (χ3n) is 7.58. The maximum Gasteiger partial charge on any atom is 0.325 e. The van der Waals surface area contributed by atoms with E-state index in [-0.39, 0.29) is 23.8 Å². The van der Waals surface area contributed by atoms with Crippen molar-refractivity contribution in [1.29, 1.82) is 0 Å². The van der Waals surface area contributed by atoms with E-state index in [2.05, 4.69) is 48.5 Å². The molecule has 1 saturated carbocycles. The van der Waals surface area contributed by atoms with Gasteiger partial charge in [0.05, 0.1) is 0 Å². The minimum atomic E-state index is -0.806. The normalized spacial score (nSPS) is 27.3. The molecule has 1 spiro atoms. The second-order valence-electron chi connectivity index (χ2n) is 10.6. The number of hydrogen-bond donors (Lipinski definition) is 1. The number of rotatable bonds is 5. The van der Waals surface area contributed by atoms with E-state index in [4.69, 9.17) is 0 Å². The summed E-state index contributed by atoms with van der Waals surface area (Å²) >= 11 is 1.78. The van der Waals surface area contributed by atoms with Crippen LogP contribution < -0.4 is 5.32 Å². The Labute approximate surface area is 195 Å². The van der Waals surface area contributed by atoms with Crippen LogP contribution in [0, 0.1) is 11.3 Å². The Kier molecular flexibility index (Phi) is 6.63. The predicted molar refractivity (Wildman–Crippen MR) is 125 cm³/mol. The first-order valence-corrected chi connectivity index (χ1v) is 12.7. The maximum atomic E-state index is 13.2. The third kappa shape index (κ3) is 4.86. The van der Waals surface area contributed by atoms with Crippen LogP contribution in [0.25, 0.3) is 0 Å². The Hall–Kier alpha value is -1.93. The molecule has 7 nitrogen and oxygen atoms in total. The fraction of sp³-hybridized carbons (Fsp3) is 0.708. The van der Waals surface area contributed by atoms with Crippen LogP contribution in [0.5, 0.6) is 0 Å². The van der Waals surface area contributed by atoms with E-state index in [0.29, 0.717) is 31.8 Å². The van der Waals surface area contributed by atoms with Crippen molar-refractivity contribution >= 4 is 29.2 Å². The largest absolute Gasteiger partial charge is 0.339 e. The van der Waals surface area contributed by atoms with Gasteiger partial charge >= 0.3 is 6.03 Å². The molecule has 3 fully saturated rings. The molecule has 1 aromatic rings. The minimum absolute atomic E-state index is 0.133. The van der Waals surface area contributed by atoms with Gasteiger partial charge in [-0.1, -0.05) is 26.8 Å². The highest BCUT2D eigenvalue weighted by molar-refractivity contribution is 7.09. The topological polar surface area (TPSA) is 73.0 Å². The number of nitrogens with zero attached hydrogens (tertiary/aromatic N) is 3. The summed E-state index contributed by atoms with van der Waals surface area (Å²) in [5.41, 5.74) is -0.603. The van der Waals surface area contributed by atoms with E-state index in [1.165, 1.54) is 4.88 Å².